The summed E-state index contributed by atoms with van der Waals surface area (Å²) >= 11 is 0. The van der Waals surface area contributed by atoms with Gasteiger partial charge in [-0.25, -0.2) is 4.39 Å². The molecule has 0 atom stereocenters. The highest BCUT2D eigenvalue weighted by Gasteiger charge is 2.03. The van der Waals surface area contributed by atoms with Gasteiger partial charge >= 0.3 is 0 Å². The number of aromatic nitrogens is 3. The van der Waals surface area contributed by atoms with Gasteiger partial charge in [-0.3, -0.25) is 0 Å². The first-order valence-electron chi connectivity index (χ1n) is 5.55. The number of benzene rings is 1. The Kier molecular flexibility index (Phi) is 3.82. The van der Waals surface area contributed by atoms with Crippen LogP contribution < -0.4 is 5.32 Å². The molecule has 4 nitrogen and oxygen atoms in total. The van der Waals surface area contributed by atoms with Crippen molar-refractivity contribution in [3.8, 4) is 0 Å². The second-order valence-corrected chi connectivity index (χ2v) is 3.85. The summed E-state index contributed by atoms with van der Waals surface area (Å²) in [7, 11) is 1.87. The van der Waals surface area contributed by atoms with Crippen LogP contribution in [0.25, 0.3) is 0 Å². The smallest absolute Gasteiger partial charge is 0.146 e. The molecule has 1 N–H and O–H groups in total. The van der Waals surface area contributed by atoms with Crippen LogP contribution in [0, 0.1) is 5.82 Å². The molecular formula is C12H15FN4. The maximum absolute atomic E-state index is 12.7. The quantitative estimate of drug-likeness (QED) is 0.850. The number of nitrogens with zero attached hydrogens (tertiary/aromatic N) is 3. The SMILES string of the molecule is CNCc1nncn1CCc1ccc(F)cc1. The Bertz CT molecular complexity index is 464. The van der Waals surface area contributed by atoms with E-state index in [0.29, 0.717) is 6.54 Å². The number of rotatable bonds is 5. The zero-order chi connectivity index (χ0) is 12.1. The topological polar surface area (TPSA) is 42.7 Å². The first-order valence-corrected chi connectivity index (χ1v) is 5.55. The fraction of sp³-hybridized carbons (Fsp3) is 0.333. The fourth-order valence-electron chi connectivity index (χ4n) is 1.66. The molecule has 90 valence electrons. The molecule has 2 rings (SSSR count). The van der Waals surface area contributed by atoms with Crippen molar-refractivity contribution in [2.45, 2.75) is 19.5 Å². The zero-order valence-electron chi connectivity index (χ0n) is 9.73. The van der Waals surface area contributed by atoms with Crippen LogP contribution >= 0.6 is 0 Å². The lowest BCUT2D eigenvalue weighted by molar-refractivity contribution is 0.617. The molecule has 5 heteroatoms. The third-order valence-electron chi connectivity index (χ3n) is 2.59. The van der Waals surface area contributed by atoms with E-state index in [9.17, 15) is 4.39 Å². The number of hydrogen-bond donors (Lipinski definition) is 1. The van der Waals surface area contributed by atoms with Crippen molar-refractivity contribution in [3.05, 3.63) is 47.8 Å². The fourth-order valence-corrected chi connectivity index (χ4v) is 1.66. The summed E-state index contributed by atoms with van der Waals surface area (Å²) in [5, 5.41) is 10.9. The molecule has 0 radical (unpaired) electrons. The molecule has 0 aliphatic heterocycles. The maximum atomic E-state index is 12.7. The molecule has 0 aliphatic rings. The Morgan fingerprint density at radius 3 is 2.76 bits per heavy atom. The molecule has 0 amide bonds. The van der Waals surface area contributed by atoms with E-state index in [1.807, 2.05) is 11.6 Å². The lowest BCUT2D eigenvalue weighted by Crippen LogP contribution is -2.13. The number of nitrogens with one attached hydrogen (secondary N) is 1. The number of halogens is 1. The molecule has 1 aromatic heterocycles. The van der Waals surface area contributed by atoms with Gasteiger partial charge in [0.25, 0.3) is 0 Å². The van der Waals surface area contributed by atoms with E-state index < -0.39 is 0 Å². The highest BCUT2D eigenvalue weighted by atomic mass is 19.1. The second-order valence-electron chi connectivity index (χ2n) is 3.85. The summed E-state index contributed by atoms with van der Waals surface area (Å²) in [5.74, 6) is 0.712. The Labute approximate surface area is 99.5 Å². The number of aryl methyl sites for hydroxylation is 2. The third-order valence-corrected chi connectivity index (χ3v) is 2.59. The average Bonchev–Trinajstić information content (AvgIpc) is 2.77. The van der Waals surface area contributed by atoms with Gasteiger partial charge < -0.3 is 9.88 Å². The minimum Gasteiger partial charge on any atom is -0.316 e. The van der Waals surface area contributed by atoms with E-state index in [1.165, 1.54) is 12.1 Å². The molecule has 0 saturated carbocycles. The van der Waals surface area contributed by atoms with Crippen LogP contribution in [0.5, 0.6) is 0 Å². The van der Waals surface area contributed by atoms with Gasteiger partial charge in [-0.05, 0) is 31.2 Å². The maximum Gasteiger partial charge on any atom is 0.146 e. The van der Waals surface area contributed by atoms with Gasteiger partial charge in [0.15, 0.2) is 0 Å². The van der Waals surface area contributed by atoms with Crippen molar-refractivity contribution < 1.29 is 4.39 Å². The van der Waals surface area contributed by atoms with Gasteiger partial charge in [-0.15, -0.1) is 10.2 Å². The lowest BCUT2D eigenvalue weighted by Gasteiger charge is -2.06. The van der Waals surface area contributed by atoms with Gasteiger partial charge in [-0.1, -0.05) is 12.1 Å². The summed E-state index contributed by atoms with van der Waals surface area (Å²) in [6, 6.07) is 6.57. The van der Waals surface area contributed by atoms with E-state index in [-0.39, 0.29) is 5.82 Å². The Morgan fingerprint density at radius 1 is 1.29 bits per heavy atom. The Morgan fingerprint density at radius 2 is 2.06 bits per heavy atom. The molecule has 1 aromatic carbocycles. The average molecular weight is 234 g/mol. The molecule has 0 aliphatic carbocycles. The minimum absolute atomic E-state index is 0.200. The zero-order valence-corrected chi connectivity index (χ0v) is 9.73. The second kappa shape index (κ2) is 5.54. The van der Waals surface area contributed by atoms with Crippen LogP contribution in [-0.4, -0.2) is 21.8 Å². The van der Waals surface area contributed by atoms with Crippen LogP contribution in [0.2, 0.25) is 0 Å². The van der Waals surface area contributed by atoms with Gasteiger partial charge in [0.2, 0.25) is 0 Å². The summed E-state index contributed by atoms with van der Waals surface area (Å²) in [5.41, 5.74) is 1.11. The van der Waals surface area contributed by atoms with E-state index in [2.05, 4.69) is 15.5 Å². The molecule has 2 aromatic rings. The van der Waals surface area contributed by atoms with Gasteiger partial charge in [0.1, 0.15) is 18.0 Å². The van der Waals surface area contributed by atoms with E-state index >= 15 is 0 Å². The molecular weight excluding hydrogens is 219 g/mol. The Balaban J connectivity index is 1.97. The highest BCUT2D eigenvalue weighted by molar-refractivity contribution is 5.16. The van der Waals surface area contributed by atoms with Gasteiger partial charge in [-0.2, -0.15) is 0 Å². The third kappa shape index (κ3) is 3.10. The van der Waals surface area contributed by atoms with Crippen molar-refractivity contribution in [3.63, 3.8) is 0 Å². The van der Waals surface area contributed by atoms with Crippen molar-refractivity contribution in [2.75, 3.05) is 7.05 Å². The van der Waals surface area contributed by atoms with Gasteiger partial charge in [0, 0.05) is 6.54 Å². The predicted octanol–water partition coefficient (Wildman–Crippen LogP) is 1.38. The van der Waals surface area contributed by atoms with E-state index in [0.717, 1.165) is 24.4 Å². The minimum atomic E-state index is -0.200. The monoisotopic (exact) mass is 234 g/mol. The highest BCUT2D eigenvalue weighted by Crippen LogP contribution is 2.05. The van der Waals surface area contributed by atoms with Crippen molar-refractivity contribution >= 4 is 0 Å². The van der Waals surface area contributed by atoms with E-state index in [1.54, 1.807) is 18.5 Å². The standard InChI is InChI=1S/C12H15FN4/c1-14-8-12-16-15-9-17(12)7-6-10-2-4-11(13)5-3-10/h2-5,9,14H,6-8H2,1H3. The molecule has 0 fully saturated rings. The molecule has 17 heavy (non-hydrogen) atoms. The first-order chi connectivity index (χ1) is 8.29. The molecule has 0 saturated heterocycles. The summed E-state index contributed by atoms with van der Waals surface area (Å²) in [6.07, 6.45) is 2.56. The van der Waals surface area contributed by atoms with Crippen LogP contribution in [0.15, 0.2) is 30.6 Å². The van der Waals surface area contributed by atoms with Crippen LogP contribution in [0.4, 0.5) is 4.39 Å². The van der Waals surface area contributed by atoms with Crippen LogP contribution in [0.1, 0.15) is 11.4 Å². The predicted molar refractivity (Wildman–Crippen MR) is 62.9 cm³/mol. The largest absolute Gasteiger partial charge is 0.316 e. The van der Waals surface area contributed by atoms with Gasteiger partial charge in [0.05, 0.1) is 6.54 Å². The molecule has 0 bridgehead atoms. The normalized spacial score (nSPS) is 10.7. The van der Waals surface area contributed by atoms with Crippen molar-refractivity contribution in [2.24, 2.45) is 0 Å². The van der Waals surface area contributed by atoms with Crippen molar-refractivity contribution in [1.29, 1.82) is 0 Å². The Hall–Kier alpha value is -1.75. The summed E-state index contributed by atoms with van der Waals surface area (Å²) in [6.45, 7) is 1.50. The molecule has 0 unspecified atom stereocenters. The molecule has 1 heterocycles. The van der Waals surface area contributed by atoms with Crippen molar-refractivity contribution in [1.82, 2.24) is 20.1 Å². The summed E-state index contributed by atoms with van der Waals surface area (Å²) in [4.78, 5) is 0. The number of hydrogen-bond acceptors (Lipinski definition) is 3. The van der Waals surface area contributed by atoms with Crippen LogP contribution in [-0.2, 0) is 19.5 Å². The lowest BCUT2D eigenvalue weighted by atomic mass is 10.1. The first kappa shape index (κ1) is 11.7. The van der Waals surface area contributed by atoms with Crippen LogP contribution in [0.3, 0.4) is 0 Å². The summed E-state index contributed by atoms with van der Waals surface area (Å²) < 4.78 is 14.7. The van der Waals surface area contributed by atoms with E-state index in [4.69, 9.17) is 0 Å². The molecule has 0 spiro atoms.